The molecule has 0 radical (unpaired) electrons. The van der Waals surface area contributed by atoms with E-state index in [1.807, 2.05) is 4.90 Å². The van der Waals surface area contributed by atoms with Gasteiger partial charge in [-0.25, -0.2) is 0 Å². The lowest BCUT2D eigenvalue weighted by atomic mass is 10.1. The number of benzene rings is 1. The van der Waals surface area contributed by atoms with E-state index in [9.17, 15) is 14.7 Å². The highest BCUT2D eigenvalue weighted by Gasteiger charge is 2.22. The van der Waals surface area contributed by atoms with Crippen molar-refractivity contribution in [2.45, 2.75) is 13.3 Å². The minimum Gasteiger partial charge on any atom is -0.508 e. The summed E-state index contributed by atoms with van der Waals surface area (Å²) in [5, 5.41) is 18.5. The van der Waals surface area contributed by atoms with Crippen LogP contribution in [-0.2, 0) is 4.79 Å². The van der Waals surface area contributed by atoms with Crippen molar-refractivity contribution in [2.24, 2.45) is 0 Å². The minimum atomic E-state index is -0.849. The second-order valence-electron chi connectivity index (χ2n) is 5.27. The van der Waals surface area contributed by atoms with Gasteiger partial charge in [-0.1, -0.05) is 6.07 Å². The molecule has 0 aliphatic carbocycles. The molecule has 0 unspecified atom stereocenters. The van der Waals surface area contributed by atoms with Crippen molar-refractivity contribution in [1.29, 1.82) is 0 Å². The molecule has 6 nitrogen and oxygen atoms in total. The predicted octanol–water partition coefficient (Wildman–Crippen LogP) is 0.933. The van der Waals surface area contributed by atoms with E-state index in [-0.39, 0.29) is 18.2 Å². The number of carbonyl (C=O) groups excluding carboxylic acids is 1. The monoisotopic (exact) mass is 292 g/mol. The van der Waals surface area contributed by atoms with Crippen LogP contribution in [0.3, 0.4) is 0 Å². The maximum atomic E-state index is 12.5. The Morgan fingerprint density at radius 2 is 1.95 bits per heavy atom. The number of phenolic OH excluding ortho intramolecular Hbond substituents is 1. The molecule has 1 fully saturated rings. The van der Waals surface area contributed by atoms with Crippen molar-refractivity contribution in [1.82, 2.24) is 9.80 Å². The third kappa shape index (κ3) is 3.72. The Kier molecular flexibility index (Phi) is 4.80. The highest BCUT2D eigenvalue weighted by atomic mass is 16.4. The average Bonchev–Trinajstić information content (AvgIpc) is 2.66. The van der Waals surface area contributed by atoms with Crippen LogP contribution < -0.4 is 0 Å². The maximum absolute atomic E-state index is 12.5. The number of hydrogen-bond donors (Lipinski definition) is 2. The van der Waals surface area contributed by atoms with Gasteiger partial charge in [-0.3, -0.25) is 14.5 Å². The number of hydrogen-bond acceptors (Lipinski definition) is 4. The summed E-state index contributed by atoms with van der Waals surface area (Å²) in [4.78, 5) is 26.8. The molecular weight excluding hydrogens is 272 g/mol. The van der Waals surface area contributed by atoms with E-state index in [0.717, 1.165) is 6.42 Å². The molecule has 0 saturated carbocycles. The molecular formula is C15H20N2O4. The third-order valence-electron chi connectivity index (χ3n) is 3.77. The zero-order valence-corrected chi connectivity index (χ0v) is 12.1. The smallest absolute Gasteiger partial charge is 0.317 e. The summed E-state index contributed by atoms with van der Waals surface area (Å²) >= 11 is 0. The number of nitrogens with zero attached hydrogens (tertiary/aromatic N) is 2. The molecule has 6 heteroatoms. The van der Waals surface area contributed by atoms with Gasteiger partial charge in [0.25, 0.3) is 5.91 Å². The van der Waals surface area contributed by atoms with Crippen molar-refractivity contribution in [3.05, 3.63) is 29.3 Å². The first-order valence-corrected chi connectivity index (χ1v) is 7.01. The van der Waals surface area contributed by atoms with Crippen molar-refractivity contribution < 1.29 is 19.8 Å². The molecule has 1 heterocycles. The van der Waals surface area contributed by atoms with E-state index in [1.165, 1.54) is 0 Å². The van der Waals surface area contributed by atoms with Crippen molar-refractivity contribution in [2.75, 3.05) is 32.7 Å². The molecule has 0 atom stereocenters. The molecule has 0 aromatic heterocycles. The highest BCUT2D eigenvalue weighted by Crippen LogP contribution is 2.21. The van der Waals surface area contributed by atoms with Crippen molar-refractivity contribution in [3.8, 4) is 5.75 Å². The lowest BCUT2D eigenvalue weighted by Gasteiger charge is -2.22. The van der Waals surface area contributed by atoms with Gasteiger partial charge in [0.15, 0.2) is 0 Å². The SMILES string of the molecule is Cc1c(O)cccc1C(=O)N1CCCN(CC(=O)O)CC1. The number of aromatic hydroxyl groups is 1. The van der Waals surface area contributed by atoms with Crippen LogP contribution in [0.5, 0.6) is 5.75 Å². The van der Waals surface area contributed by atoms with Crippen LogP contribution in [0.4, 0.5) is 0 Å². The normalized spacial score (nSPS) is 16.5. The van der Waals surface area contributed by atoms with E-state index in [0.29, 0.717) is 37.3 Å². The molecule has 1 aliphatic rings. The number of rotatable bonds is 3. The molecule has 0 spiro atoms. The summed E-state index contributed by atoms with van der Waals surface area (Å²) in [6.45, 7) is 4.06. The van der Waals surface area contributed by atoms with Crippen LogP contribution in [0.2, 0.25) is 0 Å². The molecule has 21 heavy (non-hydrogen) atoms. The van der Waals surface area contributed by atoms with Gasteiger partial charge in [-0.2, -0.15) is 0 Å². The van der Waals surface area contributed by atoms with Gasteiger partial charge >= 0.3 is 5.97 Å². The quantitative estimate of drug-likeness (QED) is 0.866. The highest BCUT2D eigenvalue weighted by molar-refractivity contribution is 5.96. The fourth-order valence-electron chi connectivity index (χ4n) is 2.55. The van der Waals surface area contributed by atoms with Gasteiger partial charge in [0, 0.05) is 37.3 Å². The summed E-state index contributed by atoms with van der Waals surface area (Å²) < 4.78 is 0. The predicted molar refractivity (Wildman–Crippen MR) is 77.4 cm³/mol. The largest absolute Gasteiger partial charge is 0.508 e. The first-order valence-electron chi connectivity index (χ1n) is 7.01. The lowest BCUT2D eigenvalue weighted by molar-refractivity contribution is -0.138. The van der Waals surface area contributed by atoms with Gasteiger partial charge in [0.1, 0.15) is 5.75 Å². The molecule has 2 N–H and O–H groups in total. The van der Waals surface area contributed by atoms with Gasteiger partial charge in [0.2, 0.25) is 0 Å². The minimum absolute atomic E-state index is 0.00713. The fraction of sp³-hybridized carbons (Fsp3) is 0.467. The lowest BCUT2D eigenvalue weighted by Crippen LogP contribution is -2.36. The summed E-state index contributed by atoms with van der Waals surface area (Å²) in [6, 6.07) is 4.92. The Bertz CT molecular complexity index is 544. The van der Waals surface area contributed by atoms with Crippen LogP contribution in [0.25, 0.3) is 0 Å². The molecule has 1 aliphatic heterocycles. The Hall–Kier alpha value is -2.08. The first kappa shape index (κ1) is 15.3. The number of carboxylic acids is 1. The van der Waals surface area contributed by atoms with E-state index in [1.54, 1.807) is 30.0 Å². The zero-order chi connectivity index (χ0) is 15.4. The van der Waals surface area contributed by atoms with Crippen LogP contribution in [0.15, 0.2) is 18.2 Å². The van der Waals surface area contributed by atoms with E-state index in [2.05, 4.69) is 0 Å². The van der Waals surface area contributed by atoms with Crippen molar-refractivity contribution in [3.63, 3.8) is 0 Å². The molecule has 1 aromatic carbocycles. The second kappa shape index (κ2) is 6.58. The second-order valence-corrected chi connectivity index (χ2v) is 5.27. The number of amides is 1. The van der Waals surface area contributed by atoms with Crippen LogP contribution in [0, 0.1) is 6.92 Å². The Morgan fingerprint density at radius 1 is 1.19 bits per heavy atom. The summed E-state index contributed by atoms with van der Waals surface area (Å²) in [5.74, 6) is -0.845. The number of aliphatic carboxylic acids is 1. The van der Waals surface area contributed by atoms with Crippen LogP contribution in [-0.4, -0.2) is 64.6 Å². The summed E-state index contributed by atoms with van der Waals surface area (Å²) in [5.41, 5.74) is 1.08. The van der Waals surface area contributed by atoms with Crippen LogP contribution in [0.1, 0.15) is 22.3 Å². The standard InChI is InChI=1S/C15H20N2O4/c1-11-12(4-2-5-13(11)18)15(21)17-7-3-6-16(8-9-17)10-14(19)20/h2,4-5,18H,3,6-10H2,1H3,(H,19,20). The first-order chi connectivity index (χ1) is 9.99. The average molecular weight is 292 g/mol. The summed E-state index contributed by atoms with van der Waals surface area (Å²) in [6.07, 6.45) is 0.747. The number of carboxylic acid groups (broad SMARTS) is 1. The zero-order valence-electron chi connectivity index (χ0n) is 12.1. The van der Waals surface area contributed by atoms with E-state index >= 15 is 0 Å². The topological polar surface area (TPSA) is 81.1 Å². The number of carbonyl (C=O) groups is 2. The maximum Gasteiger partial charge on any atom is 0.317 e. The molecule has 114 valence electrons. The van der Waals surface area contributed by atoms with Gasteiger partial charge < -0.3 is 15.1 Å². The van der Waals surface area contributed by atoms with Gasteiger partial charge in [0.05, 0.1) is 6.54 Å². The molecule has 1 amide bonds. The Morgan fingerprint density at radius 3 is 2.67 bits per heavy atom. The van der Waals surface area contributed by atoms with E-state index < -0.39 is 5.97 Å². The fourth-order valence-corrected chi connectivity index (χ4v) is 2.55. The molecule has 0 bridgehead atoms. The van der Waals surface area contributed by atoms with Crippen LogP contribution >= 0.6 is 0 Å². The molecule has 2 rings (SSSR count). The van der Waals surface area contributed by atoms with Gasteiger partial charge in [-0.05, 0) is 25.5 Å². The van der Waals surface area contributed by atoms with Crippen molar-refractivity contribution >= 4 is 11.9 Å². The number of phenols is 1. The van der Waals surface area contributed by atoms with E-state index in [4.69, 9.17) is 5.11 Å². The third-order valence-corrected chi connectivity index (χ3v) is 3.77. The molecule has 1 aromatic rings. The van der Waals surface area contributed by atoms with Gasteiger partial charge in [-0.15, -0.1) is 0 Å². The molecule has 1 saturated heterocycles. The Labute approximate surface area is 123 Å². The Balaban J connectivity index is 2.06. The summed E-state index contributed by atoms with van der Waals surface area (Å²) in [7, 11) is 0.